The molecule has 1 N–H and O–H groups in total. The second-order valence-electron chi connectivity index (χ2n) is 4.18. The van der Waals surface area contributed by atoms with E-state index in [0.29, 0.717) is 6.07 Å². The fourth-order valence-corrected chi connectivity index (χ4v) is 2.69. The van der Waals surface area contributed by atoms with Crippen LogP contribution in [0.4, 0.5) is 14.5 Å². The van der Waals surface area contributed by atoms with Crippen molar-refractivity contribution >= 4 is 21.7 Å². The minimum Gasteiger partial charge on any atom is -0.468 e. The van der Waals surface area contributed by atoms with Crippen LogP contribution >= 0.6 is 0 Å². The number of carbonyl (C=O) groups is 1. The summed E-state index contributed by atoms with van der Waals surface area (Å²) >= 11 is 0. The molecular formula is C12H11F2N3O4S. The van der Waals surface area contributed by atoms with Gasteiger partial charge in [-0.15, -0.1) is 0 Å². The highest BCUT2D eigenvalue weighted by Gasteiger charge is 2.20. The monoisotopic (exact) mass is 331 g/mol. The molecule has 0 aliphatic carbocycles. The number of esters is 1. The first-order valence-electron chi connectivity index (χ1n) is 5.89. The second kappa shape index (κ2) is 6.10. The molecule has 0 spiro atoms. The Morgan fingerprint density at radius 1 is 1.41 bits per heavy atom. The van der Waals surface area contributed by atoms with Gasteiger partial charge in [-0.3, -0.25) is 14.2 Å². The minimum atomic E-state index is -4.24. The van der Waals surface area contributed by atoms with Crippen molar-refractivity contribution in [2.45, 2.75) is 11.4 Å². The molecule has 1 aromatic heterocycles. The lowest BCUT2D eigenvalue weighted by atomic mass is 10.3. The van der Waals surface area contributed by atoms with Crippen LogP contribution < -0.4 is 4.72 Å². The Balaban J connectivity index is 2.20. The number of hydrogen-bond donors (Lipinski definition) is 1. The van der Waals surface area contributed by atoms with E-state index in [1.165, 1.54) is 13.3 Å². The van der Waals surface area contributed by atoms with Crippen molar-refractivity contribution in [2.75, 3.05) is 11.8 Å². The molecular weight excluding hydrogens is 320 g/mol. The van der Waals surface area contributed by atoms with Crippen LogP contribution in [0.3, 0.4) is 0 Å². The molecule has 0 bridgehead atoms. The van der Waals surface area contributed by atoms with Crippen LogP contribution in [0.1, 0.15) is 0 Å². The standard InChI is InChI=1S/C12H11F2N3O4S/c1-21-12(18)7-17-6-9(5-15-17)16-22(19,20)11-3-2-8(13)4-10(11)14/h2-6,16H,7H2,1H3. The number of aromatic nitrogens is 2. The Morgan fingerprint density at radius 3 is 2.77 bits per heavy atom. The summed E-state index contributed by atoms with van der Waals surface area (Å²) in [7, 11) is -3.04. The molecule has 118 valence electrons. The number of carbonyl (C=O) groups excluding carboxylic acids is 1. The third-order valence-electron chi connectivity index (χ3n) is 2.59. The van der Waals surface area contributed by atoms with Crippen LogP contribution in [0.15, 0.2) is 35.5 Å². The van der Waals surface area contributed by atoms with Crippen LogP contribution in [0.25, 0.3) is 0 Å². The SMILES string of the molecule is COC(=O)Cn1cc(NS(=O)(=O)c2ccc(F)cc2F)cn1. The molecule has 0 fully saturated rings. The van der Waals surface area contributed by atoms with Crippen LogP contribution in [0, 0.1) is 11.6 Å². The Hall–Kier alpha value is -2.49. The number of halogens is 2. The van der Waals surface area contributed by atoms with Gasteiger partial charge in [0.2, 0.25) is 0 Å². The molecule has 10 heteroatoms. The molecule has 0 atom stereocenters. The maximum Gasteiger partial charge on any atom is 0.327 e. The summed E-state index contributed by atoms with van der Waals surface area (Å²) in [6.45, 7) is -0.205. The summed E-state index contributed by atoms with van der Waals surface area (Å²) in [6, 6.07) is 2.11. The topological polar surface area (TPSA) is 90.3 Å². The highest BCUT2D eigenvalue weighted by Crippen LogP contribution is 2.19. The molecule has 2 rings (SSSR count). The number of anilines is 1. The Morgan fingerprint density at radius 2 is 2.14 bits per heavy atom. The van der Waals surface area contributed by atoms with E-state index in [-0.39, 0.29) is 12.2 Å². The van der Waals surface area contributed by atoms with Crippen LogP contribution in [0.2, 0.25) is 0 Å². The predicted molar refractivity (Wildman–Crippen MR) is 71.4 cm³/mol. The summed E-state index contributed by atoms with van der Waals surface area (Å²) in [5.74, 6) is -2.67. The van der Waals surface area contributed by atoms with E-state index in [2.05, 4.69) is 14.6 Å². The molecule has 1 heterocycles. The molecule has 2 aromatic rings. The predicted octanol–water partition coefficient (Wildman–Crippen LogP) is 1.14. The van der Waals surface area contributed by atoms with Crippen molar-refractivity contribution in [3.63, 3.8) is 0 Å². The van der Waals surface area contributed by atoms with Gasteiger partial charge >= 0.3 is 5.97 Å². The quantitative estimate of drug-likeness (QED) is 0.830. The third-order valence-corrected chi connectivity index (χ3v) is 4.00. The number of benzene rings is 1. The van der Waals surface area contributed by atoms with Crippen molar-refractivity contribution in [1.82, 2.24) is 9.78 Å². The van der Waals surface area contributed by atoms with Gasteiger partial charge in [0.25, 0.3) is 10.0 Å². The number of hydrogen-bond acceptors (Lipinski definition) is 5. The van der Waals surface area contributed by atoms with Gasteiger partial charge in [0.1, 0.15) is 23.1 Å². The number of sulfonamides is 1. The van der Waals surface area contributed by atoms with Gasteiger partial charge in [0, 0.05) is 12.3 Å². The number of rotatable bonds is 5. The summed E-state index contributed by atoms with van der Waals surface area (Å²) < 4.78 is 58.0. The normalized spacial score (nSPS) is 11.2. The molecule has 0 aliphatic heterocycles. The molecule has 1 aromatic carbocycles. The average molecular weight is 331 g/mol. The van der Waals surface area contributed by atoms with Crippen LogP contribution in [-0.4, -0.2) is 31.3 Å². The highest BCUT2D eigenvalue weighted by atomic mass is 32.2. The van der Waals surface area contributed by atoms with E-state index < -0.39 is 32.5 Å². The molecule has 22 heavy (non-hydrogen) atoms. The lowest BCUT2D eigenvalue weighted by Gasteiger charge is -2.06. The summed E-state index contributed by atoms with van der Waals surface area (Å²) in [5.41, 5.74) is 0.0210. The molecule has 0 saturated carbocycles. The number of nitrogens with zero attached hydrogens (tertiary/aromatic N) is 2. The number of ether oxygens (including phenoxy) is 1. The number of nitrogens with one attached hydrogen (secondary N) is 1. The fraction of sp³-hybridized carbons (Fsp3) is 0.167. The van der Waals surface area contributed by atoms with Gasteiger partial charge in [-0.1, -0.05) is 0 Å². The maximum absolute atomic E-state index is 13.5. The zero-order chi connectivity index (χ0) is 16.3. The molecule has 7 nitrogen and oxygen atoms in total. The van der Waals surface area contributed by atoms with Crippen molar-refractivity contribution in [1.29, 1.82) is 0 Å². The summed E-state index contributed by atoms with van der Waals surface area (Å²) in [6.07, 6.45) is 2.37. The third kappa shape index (κ3) is 3.58. The lowest BCUT2D eigenvalue weighted by Crippen LogP contribution is -2.14. The smallest absolute Gasteiger partial charge is 0.327 e. The Labute approximate surface area is 124 Å². The van der Waals surface area contributed by atoms with Gasteiger partial charge in [-0.2, -0.15) is 5.10 Å². The van der Waals surface area contributed by atoms with Crippen molar-refractivity contribution < 1.29 is 26.7 Å². The molecule has 0 radical (unpaired) electrons. The molecule has 0 aliphatic rings. The summed E-state index contributed by atoms with van der Waals surface area (Å²) in [5, 5.41) is 3.75. The van der Waals surface area contributed by atoms with E-state index in [1.54, 1.807) is 0 Å². The van der Waals surface area contributed by atoms with Gasteiger partial charge in [-0.05, 0) is 12.1 Å². The molecule has 0 amide bonds. The lowest BCUT2D eigenvalue weighted by molar-refractivity contribution is -0.141. The average Bonchev–Trinajstić information content (AvgIpc) is 2.84. The highest BCUT2D eigenvalue weighted by molar-refractivity contribution is 7.92. The zero-order valence-corrected chi connectivity index (χ0v) is 12.1. The van der Waals surface area contributed by atoms with Crippen molar-refractivity contribution in [2.24, 2.45) is 0 Å². The van der Waals surface area contributed by atoms with Crippen molar-refractivity contribution in [3.8, 4) is 0 Å². The molecule has 0 saturated heterocycles. The molecule has 0 unspecified atom stereocenters. The van der Waals surface area contributed by atoms with Crippen LogP contribution in [0.5, 0.6) is 0 Å². The zero-order valence-electron chi connectivity index (χ0n) is 11.3. The Bertz CT molecular complexity index is 804. The van der Waals surface area contributed by atoms with Crippen LogP contribution in [-0.2, 0) is 26.1 Å². The van der Waals surface area contributed by atoms with E-state index in [1.807, 2.05) is 0 Å². The van der Waals surface area contributed by atoms with Gasteiger partial charge < -0.3 is 4.74 Å². The van der Waals surface area contributed by atoms with E-state index in [9.17, 15) is 22.0 Å². The second-order valence-corrected chi connectivity index (χ2v) is 5.83. The van der Waals surface area contributed by atoms with E-state index in [4.69, 9.17) is 0 Å². The van der Waals surface area contributed by atoms with Crippen molar-refractivity contribution in [3.05, 3.63) is 42.2 Å². The first-order chi connectivity index (χ1) is 10.3. The first kappa shape index (κ1) is 15.9. The van der Waals surface area contributed by atoms with Gasteiger partial charge in [-0.25, -0.2) is 17.2 Å². The van der Waals surface area contributed by atoms with Gasteiger partial charge in [0.15, 0.2) is 0 Å². The first-order valence-corrected chi connectivity index (χ1v) is 7.37. The van der Waals surface area contributed by atoms with Gasteiger partial charge in [0.05, 0.1) is 19.0 Å². The fourth-order valence-electron chi connectivity index (χ4n) is 1.60. The number of methoxy groups -OCH3 is 1. The van der Waals surface area contributed by atoms with E-state index >= 15 is 0 Å². The minimum absolute atomic E-state index is 0.0210. The largest absolute Gasteiger partial charge is 0.468 e. The Kier molecular flexibility index (Phi) is 4.40. The maximum atomic E-state index is 13.5. The van der Waals surface area contributed by atoms with E-state index in [0.717, 1.165) is 23.0 Å². The summed E-state index contributed by atoms with van der Waals surface area (Å²) in [4.78, 5) is 10.4.